The van der Waals surface area contributed by atoms with Gasteiger partial charge in [-0.3, -0.25) is 0 Å². The van der Waals surface area contributed by atoms with E-state index >= 15 is 0 Å². The van der Waals surface area contributed by atoms with Crippen LogP contribution in [0.25, 0.3) is 0 Å². The van der Waals surface area contributed by atoms with Gasteiger partial charge in [0.05, 0.1) is 6.10 Å². The predicted molar refractivity (Wildman–Crippen MR) is 162 cm³/mol. The lowest BCUT2D eigenvalue weighted by atomic mass is 10.0. The van der Waals surface area contributed by atoms with Crippen LogP contribution in [-0.2, 0) is 13.9 Å². The maximum Gasteiger partial charge on any atom is 0.261 e. The smallest absolute Gasteiger partial charge is 0.261 e. The number of benzene rings is 3. The normalized spacial score (nSPS) is 13.6. The lowest BCUT2D eigenvalue weighted by molar-refractivity contribution is -0.106. The van der Waals surface area contributed by atoms with Crippen molar-refractivity contribution in [1.29, 1.82) is 0 Å². The highest BCUT2D eigenvalue weighted by Crippen LogP contribution is 2.41. The average molecular weight is 529 g/mol. The number of ether oxygens (including phenoxy) is 2. The van der Waals surface area contributed by atoms with E-state index in [1.807, 2.05) is 6.07 Å². The van der Waals surface area contributed by atoms with E-state index in [9.17, 15) is 0 Å². The fourth-order valence-corrected chi connectivity index (χ4v) is 9.76. The van der Waals surface area contributed by atoms with Gasteiger partial charge in [0.25, 0.3) is 8.32 Å². The standard InChI is InChI=1S/C34H44O3Si/c1-7-8-9-10-11-18-26-32(28-20-19-21-29(27-28)33(35-5)36-6)37-38(34(2,3)4,30-22-14-12-15-23-30)31-24-16-13-17-25-31/h8-9,11-25,27,32-33H,7,10,26H2,1-6H3/b9-8-,18-11-. The minimum Gasteiger partial charge on any atom is -0.400 e. The van der Waals surface area contributed by atoms with Crippen LogP contribution in [0.4, 0.5) is 0 Å². The molecule has 38 heavy (non-hydrogen) atoms. The van der Waals surface area contributed by atoms with Crippen LogP contribution in [0.15, 0.2) is 109 Å². The molecule has 0 heterocycles. The minimum absolute atomic E-state index is 0.110. The highest BCUT2D eigenvalue weighted by molar-refractivity contribution is 6.99. The van der Waals surface area contributed by atoms with Crippen molar-refractivity contribution in [3.63, 3.8) is 0 Å². The molecule has 0 N–H and O–H groups in total. The highest BCUT2D eigenvalue weighted by Gasteiger charge is 2.51. The summed E-state index contributed by atoms with van der Waals surface area (Å²) >= 11 is 0. The monoisotopic (exact) mass is 528 g/mol. The molecule has 1 unspecified atom stereocenters. The Morgan fingerprint density at radius 1 is 0.711 bits per heavy atom. The van der Waals surface area contributed by atoms with Crippen molar-refractivity contribution in [3.05, 3.63) is 120 Å². The van der Waals surface area contributed by atoms with Gasteiger partial charge in [0.15, 0.2) is 6.29 Å². The lowest BCUT2D eigenvalue weighted by Crippen LogP contribution is -2.66. The van der Waals surface area contributed by atoms with Crippen molar-refractivity contribution < 1.29 is 13.9 Å². The zero-order chi connectivity index (χ0) is 27.4. The summed E-state index contributed by atoms with van der Waals surface area (Å²) in [5.41, 5.74) is 2.11. The van der Waals surface area contributed by atoms with E-state index in [4.69, 9.17) is 13.9 Å². The Balaban J connectivity index is 2.15. The molecule has 0 fully saturated rings. The lowest BCUT2D eigenvalue weighted by Gasteiger charge is -2.45. The molecule has 0 radical (unpaired) electrons. The summed E-state index contributed by atoms with van der Waals surface area (Å²) in [5.74, 6) is 0. The van der Waals surface area contributed by atoms with Gasteiger partial charge in [-0.25, -0.2) is 0 Å². The fraction of sp³-hybridized carbons (Fsp3) is 0.353. The molecule has 0 aromatic heterocycles. The van der Waals surface area contributed by atoms with Crippen molar-refractivity contribution in [2.75, 3.05) is 14.2 Å². The molecule has 0 amide bonds. The topological polar surface area (TPSA) is 27.7 Å². The number of allylic oxidation sites excluding steroid dienone is 3. The second-order valence-corrected chi connectivity index (χ2v) is 14.8. The molecule has 3 rings (SSSR count). The molecule has 202 valence electrons. The zero-order valence-corrected chi connectivity index (χ0v) is 24.9. The van der Waals surface area contributed by atoms with Crippen LogP contribution in [0.3, 0.4) is 0 Å². The molecule has 0 bridgehead atoms. The van der Waals surface area contributed by atoms with Crippen molar-refractivity contribution in [2.45, 2.75) is 64.4 Å². The summed E-state index contributed by atoms with van der Waals surface area (Å²) in [6.07, 6.45) is 11.1. The van der Waals surface area contributed by atoms with Gasteiger partial charge in [0.2, 0.25) is 0 Å². The van der Waals surface area contributed by atoms with Crippen molar-refractivity contribution in [2.24, 2.45) is 0 Å². The van der Waals surface area contributed by atoms with Crippen LogP contribution in [0.1, 0.15) is 70.5 Å². The van der Waals surface area contributed by atoms with E-state index < -0.39 is 14.6 Å². The number of methoxy groups -OCH3 is 2. The number of hydrogen-bond acceptors (Lipinski definition) is 3. The van der Waals surface area contributed by atoms with Gasteiger partial charge in [-0.1, -0.05) is 131 Å². The minimum atomic E-state index is -2.75. The van der Waals surface area contributed by atoms with Crippen LogP contribution in [0.2, 0.25) is 5.04 Å². The Bertz CT molecular complexity index is 1110. The van der Waals surface area contributed by atoms with Crippen molar-refractivity contribution in [1.82, 2.24) is 0 Å². The van der Waals surface area contributed by atoms with Crippen molar-refractivity contribution >= 4 is 18.7 Å². The molecular weight excluding hydrogens is 484 g/mol. The van der Waals surface area contributed by atoms with Gasteiger partial charge in [0.1, 0.15) is 0 Å². The van der Waals surface area contributed by atoms with Crippen LogP contribution in [0.5, 0.6) is 0 Å². The first-order chi connectivity index (χ1) is 18.4. The van der Waals surface area contributed by atoms with Crippen LogP contribution in [-0.4, -0.2) is 22.5 Å². The zero-order valence-electron chi connectivity index (χ0n) is 23.9. The van der Waals surface area contributed by atoms with E-state index in [1.165, 1.54) is 10.4 Å². The molecule has 0 aliphatic rings. The summed E-state index contributed by atoms with van der Waals surface area (Å²) in [6.45, 7) is 9.13. The number of rotatable bonds is 13. The first-order valence-electron chi connectivity index (χ1n) is 13.6. The molecule has 1 atom stereocenters. The van der Waals surface area contributed by atoms with E-state index in [0.29, 0.717) is 0 Å². The molecule has 3 aromatic rings. The first-order valence-corrected chi connectivity index (χ1v) is 15.5. The van der Waals surface area contributed by atoms with Gasteiger partial charge < -0.3 is 13.9 Å². The van der Waals surface area contributed by atoms with Gasteiger partial charge in [0, 0.05) is 19.8 Å². The van der Waals surface area contributed by atoms with Crippen LogP contribution >= 0.6 is 0 Å². The summed E-state index contributed by atoms with van der Waals surface area (Å²) in [5, 5.41) is 2.45. The second-order valence-electron chi connectivity index (χ2n) is 10.6. The summed E-state index contributed by atoms with van der Waals surface area (Å²) in [6, 6.07) is 30.1. The Hall–Kier alpha value is -2.76. The SMILES string of the molecule is CC/C=C\C/C=C\CC(O[Si](c1ccccc1)(c1ccccc1)C(C)(C)C)c1cccc(C(OC)OC)c1. The third-order valence-electron chi connectivity index (χ3n) is 6.91. The largest absolute Gasteiger partial charge is 0.400 e. The fourth-order valence-electron chi connectivity index (χ4n) is 5.09. The number of hydrogen-bond donors (Lipinski definition) is 0. The third-order valence-corrected chi connectivity index (χ3v) is 12.0. The molecule has 0 spiro atoms. The Morgan fingerprint density at radius 3 is 1.79 bits per heavy atom. The maximum atomic E-state index is 7.58. The summed E-state index contributed by atoms with van der Waals surface area (Å²) in [7, 11) is 0.593. The first kappa shape index (κ1) is 29.8. The van der Waals surface area contributed by atoms with Crippen LogP contribution in [0, 0.1) is 0 Å². The van der Waals surface area contributed by atoms with E-state index in [2.05, 4.69) is 131 Å². The third kappa shape index (κ3) is 7.21. The average Bonchev–Trinajstić information content (AvgIpc) is 2.93. The molecule has 3 aromatic carbocycles. The van der Waals surface area contributed by atoms with Gasteiger partial charge in [-0.2, -0.15) is 0 Å². The Kier molecular flexibility index (Phi) is 11.3. The molecule has 0 saturated carbocycles. The Labute approximate surface area is 231 Å². The van der Waals surface area contributed by atoms with Gasteiger partial charge in [-0.05, 0) is 46.3 Å². The highest BCUT2D eigenvalue weighted by atomic mass is 28.4. The quantitative estimate of drug-likeness (QED) is 0.128. The second kappa shape index (κ2) is 14.4. The Morgan fingerprint density at radius 2 is 1.26 bits per heavy atom. The van der Waals surface area contributed by atoms with Crippen LogP contribution < -0.4 is 10.4 Å². The predicted octanol–water partition coefficient (Wildman–Crippen LogP) is 7.90. The molecule has 0 aliphatic heterocycles. The summed E-state index contributed by atoms with van der Waals surface area (Å²) < 4.78 is 18.7. The maximum absolute atomic E-state index is 7.58. The molecule has 0 saturated heterocycles. The van der Waals surface area contributed by atoms with Gasteiger partial charge >= 0.3 is 0 Å². The molecule has 0 aliphatic carbocycles. The molecular formula is C34H44O3Si. The summed E-state index contributed by atoms with van der Waals surface area (Å²) in [4.78, 5) is 0. The van der Waals surface area contributed by atoms with E-state index in [0.717, 1.165) is 30.4 Å². The van der Waals surface area contributed by atoms with Gasteiger partial charge in [-0.15, -0.1) is 0 Å². The van der Waals surface area contributed by atoms with E-state index in [1.54, 1.807) is 14.2 Å². The molecule has 4 heteroatoms. The van der Waals surface area contributed by atoms with E-state index in [-0.39, 0.29) is 11.1 Å². The molecule has 3 nitrogen and oxygen atoms in total. The van der Waals surface area contributed by atoms with Crippen molar-refractivity contribution in [3.8, 4) is 0 Å².